The maximum Gasteiger partial charge on any atom is 0.433 e. The predicted octanol–water partition coefficient (Wildman–Crippen LogP) is 2.67. The molecule has 12 heavy (non-hydrogen) atoms. The molecule has 1 radical (unpaired) electrons. The van der Waals surface area contributed by atoms with Gasteiger partial charge in [-0.25, -0.2) is 0 Å². The van der Waals surface area contributed by atoms with Crippen LogP contribution in [-0.2, 0) is 6.18 Å². The summed E-state index contributed by atoms with van der Waals surface area (Å²) in [6.45, 7) is 1.68. The third-order valence-corrected chi connectivity index (χ3v) is 1.41. The molecule has 65 valence electrons. The largest absolute Gasteiger partial charge is 0.433 e. The maximum atomic E-state index is 12.0. The molecule has 0 bridgehead atoms. The molecule has 0 unspecified atom stereocenters. The summed E-state index contributed by atoms with van der Waals surface area (Å²) in [6.07, 6.45) is -1.60. The predicted molar refractivity (Wildman–Crippen MR) is 38.3 cm³/mol. The standard InChI is InChI=1S/C8H7F3N/c1-2-6-3-4-12-7(5-6)8(9,10)11/h2-5H,1H3. The van der Waals surface area contributed by atoms with E-state index in [0.717, 1.165) is 12.3 Å². The zero-order chi connectivity index (χ0) is 9.19. The normalized spacial score (nSPS) is 11.7. The van der Waals surface area contributed by atoms with Crippen LogP contribution >= 0.6 is 0 Å². The van der Waals surface area contributed by atoms with Gasteiger partial charge in [-0.05, 0) is 24.1 Å². The van der Waals surface area contributed by atoms with Crippen molar-refractivity contribution in [3.8, 4) is 0 Å². The second-order valence-electron chi connectivity index (χ2n) is 2.26. The molecule has 1 aromatic heterocycles. The summed E-state index contributed by atoms with van der Waals surface area (Å²) in [5, 5.41) is 0. The zero-order valence-electron chi connectivity index (χ0n) is 6.39. The highest BCUT2D eigenvalue weighted by Crippen LogP contribution is 2.27. The maximum absolute atomic E-state index is 12.0. The van der Waals surface area contributed by atoms with Gasteiger partial charge in [-0.15, -0.1) is 0 Å². The van der Waals surface area contributed by atoms with Crippen molar-refractivity contribution < 1.29 is 13.2 Å². The Morgan fingerprint density at radius 2 is 2.08 bits per heavy atom. The van der Waals surface area contributed by atoms with E-state index in [0.29, 0.717) is 5.56 Å². The minimum absolute atomic E-state index is 0.525. The van der Waals surface area contributed by atoms with Crippen LogP contribution in [0.25, 0.3) is 0 Å². The Labute approximate surface area is 68.2 Å². The van der Waals surface area contributed by atoms with E-state index in [4.69, 9.17) is 0 Å². The van der Waals surface area contributed by atoms with Crippen molar-refractivity contribution in [2.24, 2.45) is 0 Å². The quantitative estimate of drug-likeness (QED) is 0.637. The van der Waals surface area contributed by atoms with Gasteiger partial charge in [0.1, 0.15) is 5.69 Å². The van der Waals surface area contributed by atoms with Crippen molar-refractivity contribution in [3.63, 3.8) is 0 Å². The summed E-state index contributed by atoms with van der Waals surface area (Å²) in [6, 6.07) is 2.54. The van der Waals surface area contributed by atoms with Crippen LogP contribution in [0.5, 0.6) is 0 Å². The van der Waals surface area contributed by atoms with Gasteiger partial charge in [-0.2, -0.15) is 13.2 Å². The molecule has 0 spiro atoms. The average Bonchev–Trinajstić information content (AvgIpc) is 2.03. The van der Waals surface area contributed by atoms with E-state index in [1.54, 1.807) is 13.3 Å². The fraction of sp³-hybridized carbons (Fsp3) is 0.250. The number of alkyl halides is 3. The summed E-state index contributed by atoms with van der Waals surface area (Å²) in [4.78, 5) is 3.21. The molecule has 4 heteroatoms. The van der Waals surface area contributed by atoms with Crippen molar-refractivity contribution in [3.05, 3.63) is 36.0 Å². The van der Waals surface area contributed by atoms with Crippen molar-refractivity contribution in [2.75, 3.05) is 0 Å². The van der Waals surface area contributed by atoms with Crippen LogP contribution in [0.4, 0.5) is 13.2 Å². The Hall–Kier alpha value is -1.06. The summed E-state index contributed by atoms with van der Waals surface area (Å²) in [7, 11) is 0. The molecule has 0 saturated carbocycles. The molecule has 0 saturated heterocycles. The summed E-state index contributed by atoms with van der Waals surface area (Å²) >= 11 is 0. The van der Waals surface area contributed by atoms with Gasteiger partial charge in [0.2, 0.25) is 0 Å². The second kappa shape index (κ2) is 3.13. The first kappa shape index (κ1) is 9.03. The lowest BCUT2D eigenvalue weighted by molar-refractivity contribution is -0.141. The van der Waals surface area contributed by atoms with E-state index in [2.05, 4.69) is 4.98 Å². The molecule has 0 fully saturated rings. The topological polar surface area (TPSA) is 12.9 Å². The van der Waals surface area contributed by atoms with Crippen molar-refractivity contribution in [1.82, 2.24) is 4.98 Å². The number of rotatable bonds is 1. The Bertz CT molecular complexity index is 267. The molecule has 0 aromatic carbocycles. The van der Waals surface area contributed by atoms with Crippen LogP contribution in [-0.4, -0.2) is 4.98 Å². The fourth-order valence-electron chi connectivity index (χ4n) is 0.781. The highest BCUT2D eigenvalue weighted by atomic mass is 19.4. The number of nitrogens with zero attached hydrogens (tertiary/aromatic N) is 1. The first-order valence-corrected chi connectivity index (χ1v) is 3.36. The lowest BCUT2D eigenvalue weighted by Crippen LogP contribution is -2.07. The Kier molecular flexibility index (Phi) is 2.35. The van der Waals surface area contributed by atoms with E-state index >= 15 is 0 Å². The number of halogens is 3. The third kappa shape index (κ3) is 1.96. The molecule has 0 aliphatic carbocycles. The van der Waals surface area contributed by atoms with E-state index < -0.39 is 11.9 Å². The number of aromatic nitrogens is 1. The van der Waals surface area contributed by atoms with Gasteiger partial charge in [0.05, 0.1) is 0 Å². The van der Waals surface area contributed by atoms with E-state index in [9.17, 15) is 13.2 Å². The van der Waals surface area contributed by atoms with Gasteiger partial charge >= 0.3 is 6.18 Å². The van der Waals surface area contributed by atoms with E-state index in [-0.39, 0.29) is 0 Å². The van der Waals surface area contributed by atoms with Crippen molar-refractivity contribution >= 4 is 0 Å². The van der Waals surface area contributed by atoms with Crippen molar-refractivity contribution in [1.29, 1.82) is 0 Å². The fourth-order valence-corrected chi connectivity index (χ4v) is 0.781. The van der Waals surface area contributed by atoms with E-state index in [1.807, 2.05) is 0 Å². The van der Waals surface area contributed by atoms with Crippen LogP contribution in [0.15, 0.2) is 18.3 Å². The lowest BCUT2D eigenvalue weighted by atomic mass is 10.2. The first-order valence-electron chi connectivity index (χ1n) is 3.36. The highest BCUT2D eigenvalue weighted by Gasteiger charge is 2.32. The van der Waals surface area contributed by atoms with Gasteiger partial charge in [0.15, 0.2) is 0 Å². The van der Waals surface area contributed by atoms with Crippen LogP contribution in [0.2, 0.25) is 0 Å². The van der Waals surface area contributed by atoms with Crippen LogP contribution in [0, 0.1) is 6.42 Å². The molecular formula is C8H7F3N. The van der Waals surface area contributed by atoms with Gasteiger partial charge in [0.25, 0.3) is 0 Å². The van der Waals surface area contributed by atoms with Gasteiger partial charge in [-0.3, -0.25) is 4.98 Å². The average molecular weight is 174 g/mol. The molecular weight excluding hydrogens is 167 g/mol. The monoisotopic (exact) mass is 174 g/mol. The SMILES string of the molecule is C[CH]c1ccnc(C(F)(F)F)c1. The molecule has 0 atom stereocenters. The Morgan fingerprint density at radius 3 is 2.58 bits per heavy atom. The van der Waals surface area contributed by atoms with E-state index in [1.165, 1.54) is 6.07 Å². The smallest absolute Gasteiger partial charge is 0.252 e. The first-order chi connectivity index (χ1) is 5.54. The lowest BCUT2D eigenvalue weighted by Gasteiger charge is -2.05. The summed E-state index contributed by atoms with van der Waals surface area (Å²) in [5.74, 6) is 0. The Morgan fingerprint density at radius 1 is 1.42 bits per heavy atom. The van der Waals surface area contributed by atoms with Gasteiger partial charge < -0.3 is 0 Å². The number of hydrogen-bond acceptors (Lipinski definition) is 1. The number of hydrogen-bond donors (Lipinski definition) is 0. The minimum Gasteiger partial charge on any atom is -0.252 e. The molecule has 1 nitrogen and oxygen atoms in total. The van der Waals surface area contributed by atoms with Crippen LogP contribution in [0.1, 0.15) is 18.2 Å². The molecule has 1 heterocycles. The number of pyridine rings is 1. The second-order valence-corrected chi connectivity index (χ2v) is 2.26. The molecule has 0 N–H and O–H groups in total. The third-order valence-electron chi connectivity index (χ3n) is 1.41. The van der Waals surface area contributed by atoms with Gasteiger partial charge in [-0.1, -0.05) is 6.92 Å². The summed E-state index contributed by atoms with van der Waals surface area (Å²) in [5.41, 5.74) is -0.324. The molecule has 0 amide bonds. The molecule has 0 aliphatic rings. The molecule has 1 aromatic rings. The van der Waals surface area contributed by atoms with Crippen LogP contribution in [0.3, 0.4) is 0 Å². The molecule has 0 aliphatic heterocycles. The van der Waals surface area contributed by atoms with Gasteiger partial charge in [0, 0.05) is 6.20 Å². The van der Waals surface area contributed by atoms with Crippen LogP contribution < -0.4 is 0 Å². The molecule has 1 rings (SSSR count). The van der Waals surface area contributed by atoms with Crippen molar-refractivity contribution in [2.45, 2.75) is 13.1 Å². The Balaban J connectivity index is 3.02. The highest BCUT2D eigenvalue weighted by molar-refractivity contribution is 5.23. The minimum atomic E-state index is -4.35. The zero-order valence-corrected chi connectivity index (χ0v) is 6.39. The summed E-state index contributed by atoms with van der Waals surface area (Å²) < 4.78 is 36.1.